The summed E-state index contributed by atoms with van der Waals surface area (Å²) in [6, 6.07) is 1.34. The van der Waals surface area contributed by atoms with Gasteiger partial charge in [-0.2, -0.15) is 0 Å². The van der Waals surface area contributed by atoms with E-state index in [-0.39, 0.29) is 42.7 Å². The van der Waals surface area contributed by atoms with E-state index in [9.17, 15) is 19.8 Å². The molecule has 6 nitrogen and oxygen atoms in total. The van der Waals surface area contributed by atoms with Crippen molar-refractivity contribution in [3.63, 3.8) is 0 Å². The van der Waals surface area contributed by atoms with Crippen molar-refractivity contribution in [1.82, 2.24) is 0 Å². The van der Waals surface area contributed by atoms with Crippen LogP contribution in [0.5, 0.6) is 0 Å². The zero-order chi connectivity index (χ0) is 15.3. The standard InChI is InChI=1S/C14H18O6/c1-2-8-7-11(13(17)18)9(3-5-15)10(4-6-16)12(8)14(19)20/h7,15-16H,2-6H2,1H3,(H,17,18)(H,19,20). The molecule has 20 heavy (non-hydrogen) atoms. The summed E-state index contributed by atoms with van der Waals surface area (Å²) in [5.41, 5.74) is 1.02. The number of aromatic carboxylic acids is 2. The van der Waals surface area contributed by atoms with E-state index in [1.807, 2.05) is 0 Å². The average Bonchev–Trinajstić information content (AvgIpc) is 2.39. The Kier molecular flexibility index (Phi) is 5.66. The summed E-state index contributed by atoms with van der Waals surface area (Å²) >= 11 is 0. The highest BCUT2D eigenvalue weighted by Crippen LogP contribution is 2.26. The average molecular weight is 282 g/mol. The van der Waals surface area contributed by atoms with Gasteiger partial charge in [-0.1, -0.05) is 6.92 Å². The first-order valence-electron chi connectivity index (χ1n) is 6.33. The van der Waals surface area contributed by atoms with Gasteiger partial charge in [0.25, 0.3) is 0 Å². The van der Waals surface area contributed by atoms with Gasteiger partial charge in [0.1, 0.15) is 0 Å². The molecule has 0 amide bonds. The molecule has 0 spiro atoms. The van der Waals surface area contributed by atoms with Gasteiger partial charge >= 0.3 is 11.9 Å². The second-order valence-corrected chi connectivity index (χ2v) is 4.33. The number of benzene rings is 1. The van der Waals surface area contributed by atoms with Crippen molar-refractivity contribution in [3.8, 4) is 0 Å². The normalized spacial score (nSPS) is 10.6. The highest BCUT2D eigenvalue weighted by atomic mass is 16.4. The molecular weight excluding hydrogens is 264 g/mol. The van der Waals surface area contributed by atoms with Crippen LogP contribution in [0.3, 0.4) is 0 Å². The number of hydrogen-bond acceptors (Lipinski definition) is 4. The smallest absolute Gasteiger partial charge is 0.336 e. The van der Waals surface area contributed by atoms with E-state index in [0.29, 0.717) is 17.5 Å². The van der Waals surface area contributed by atoms with E-state index in [0.717, 1.165) is 0 Å². The van der Waals surface area contributed by atoms with Crippen LogP contribution in [-0.4, -0.2) is 45.6 Å². The molecule has 0 unspecified atom stereocenters. The van der Waals surface area contributed by atoms with Crippen molar-refractivity contribution in [3.05, 3.63) is 33.9 Å². The van der Waals surface area contributed by atoms with Crippen molar-refractivity contribution >= 4 is 11.9 Å². The van der Waals surface area contributed by atoms with Gasteiger partial charge in [-0.15, -0.1) is 0 Å². The molecule has 0 aromatic heterocycles. The lowest BCUT2D eigenvalue weighted by Crippen LogP contribution is -2.17. The van der Waals surface area contributed by atoms with Gasteiger partial charge in [0, 0.05) is 13.2 Å². The lowest BCUT2D eigenvalue weighted by molar-refractivity contribution is 0.0677. The molecular formula is C14H18O6. The SMILES string of the molecule is CCc1cc(C(=O)O)c(CCO)c(CCO)c1C(=O)O. The Balaban J connectivity index is 3.70. The minimum absolute atomic E-state index is 0.00986. The molecule has 0 aliphatic heterocycles. The van der Waals surface area contributed by atoms with Crippen LogP contribution in [0.15, 0.2) is 6.07 Å². The minimum atomic E-state index is -1.17. The Bertz CT molecular complexity index is 521. The Morgan fingerprint density at radius 1 is 1.00 bits per heavy atom. The number of aliphatic hydroxyl groups is 2. The van der Waals surface area contributed by atoms with Crippen molar-refractivity contribution in [2.24, 2.45) is 0 Å². The highest BCUT2D eigenvalue weighted by Gasteiger charge is 2.23. The number of carboxylic acids is 2. The molecule has 1 aromatic carbocycles. The molecule has 6 heteroatoms. The van der Waals surface area contributed by atoms with Crippen LogP contribution in [0, 0.1) is 0 Å². The molecule has 4 N–H and O–H groups in total. The third-order valence-electron chi connectivity index (χ3n) is 3.18. The van der Waals surface area contributed by atoms with Crippen LogP contribution in [-0.2, 0) is 19.3 Å². The Labute approximate surface area is 116 Å². The number of aryl methyl sites for hydroxylation is 1. The third kappa shape index (κ3) is 3.15. The third-order valence-corrected chi connectivity index (χ3v) is 3.18. The zero-order valence-corrected chi connectivity index (χ0v) is 11.2. The molecule has 0 saturated heterocycles. The maximum atomic E-state index is 11.4. The first kappa shape index (κ1) is 16.1. The molecule has 0 atom stereocenters. The summed E-state index contributed by atoms with van der Waals surface area (Å²) in [6.07, 6.45) is 0.464. The van der Waals surface area contributed by atoms with Crippen molar-refractivity contribution in [1.29, 1.82) is 0 Å². The van der Waals surface area contributed by atoms with Crippen molar-refractivity contribution < 1.29 is 30.0 Å². The molecule has 1 aromatic rings. The first-order valence-corrected chi connectivity index (χ1v) is 6.33. The van der Waals surface area contributed by atoms with Crippen LogP contribution in [0.2, 0.25) is 0 Å². The van der Waals surface area contributed by atoms with Crippen LogP contribution in [0.25, 0.3) is 0 Å². The molecule has 0 saturated carbocycles. The first-order chi connectivity index (χ1) is 9.47. The van der Waals surface area contributed by atoms with E-state index < -0.39 is 11.9 Å². The van der Waals surface area contributed by atoms with Gasteiger partial charge in [-0.05, 0) is 42.0 Å². The van der Waals surface area contributed by atoms with Gasteiger partial charge in [-0.25, -0.2) is 9.59 Å². The molecule has 0 fully saturated rings. The summed E-state index contributed by atoms with van der Waals surface area (Å²) in [4.78, 5) is 22.7. The summed E-state index contributed by atoms with van der Waals surface area (Å²) in [6.45, 7) is 1.16. The van der Waals surface area contributed by atoms with Crippen LogP contribution in [0.4, 0.5) is 0 Å². The Morgan fingerprint density at radius 2 is 1.55 bits per heavy atom. The number of rotatable bonds is 7. The van der Waals surface area contributed by atoms with E-state index in [4.69, 9.17) is 10.2 Å². The van der Waals surface area contributed by atoms with E-state index in [1.54, 1.807) is 6.92 Å². The fourth-order valence-corrected chi connectivity index (χ4v) is 2.36. The number of aliphatic hydroxyl groups excluding tert-OH is 2. The van der Waals surface area contributed by atoms with Crippen LogP contribution >= 0.6 is 0 Å². The van der Waals surface area contributed by atoms with Gasteiger partial charge in [0.15, 0.2) is 0 Å². The summed E-state index contributed by atoms with van der Waals surface area (Å²) in [7, 11) is 0. The predicted molar refractivity (Wildman–Crippen MR) is 71.3 cm³/mol. The lowest BCUT2D eigenvalue weighted by Gasteiger charge is -2.17. The quantitative estimate of drug-likeness (QED) is 0.585. The Hall–Kier alpha value is -1.92. The van der Waals surface area contributed by atoms with E-state index in [2.05, 4.69) is 0 Å². The zero-order valence-electron chi connectivity index (χ0n) is 11.2. The molecule has 0 bridgehead atoms. The maximum Gasteiger partial charge on any atom is 0.336 e. The fraction of sp³-hybridized carbons (Fsp3) is 0.429. The second-order valence-electron chi connectivity index (χ2n) is 4.33. The van der Waals surface area contributed by atoms with Crippen LogP contribution < -0.4 is 0 Å². The van der Waals surface area contributed by atoms with Gasteiger partial charge in [-0.3, -0.25) is 0 Å². The Morgan fingerprint density at radius 3 is 1.95 bits per heavy atom. The van der Waals surface area contributed by atoms with Crippen molar-refractivity contribution in [2.75, 3.05) is 13.2 Å². The summed E-state index contributed by atoms with van der Waals surface area (Å²) in [5.74, 6) is -2.32. The van der Waals surface area contributed by atoms with Gasteiger partial charge in [0.2, 0.25) is 0 Å². The van der Waals surface area contributed by atoms with Crippen LogP contribution in [0.1, 0.15) is 44.3 Å². The summed E-state index contributed by atoms with van der Waals surface area (Å²) < 4.78 is 0. The maximum absolute atomic E-state index is 11.4. The number of hydrogen-bond donors (Lipinski definition) is 4. The largest absolute Gasteiger partial charge is 0.478 e. The highest BCUT2D eigenvalue weighted by molar-refractivity contribution is 5.96. The number of carboxylic acid groups (broad SMARTS) is 2. The lowest BCUT2D eigenvalue weighted by atomic mass is 9.87. The second kappa shape index (κ2) is 7.02. The molecule has 0 aliphatic carbocycles. The topological polar surface area (TPSA) is 115 Å². The molecule has 1 rings (SSSR count). The minimum Gasteiger partial charge on any atom is -0.478 e. The van der Waals surface area contributed by atoms with E-state index >= 15 is 0 Å². The molecule has 110 valence electrons. The monoisotopic (exact) mass is 282 g/mol. The predicted octanol–water partition coefficient (Wildman–Crippen LogP) is 0.715. The molecule has 0 aliphatic rings. The van der Waals surface area contributed by atoms with Gasteiger partial charge < -0.3 is 20.4 Å². The fourth-order valence-electron chi connectivity index (χ4n) is 2.36. The molecule has 0 radical (unpaired) electrons. The van der Waals surface area contributed by atoms with Gasteiger partial charge in [0.05, 0.1) is 11.1 Å². The van der Waals surface area contributed by atoms with Crippen molar-refractivity contribution in [2.45, 2.75) is 26.2 Å². The van der Waals surface area contributed by atoms with E-state index in [1.165, 1.54) is 6.07 Å². The number of carbonyl (C=O) groups is 2. The molecule has 0 heterocycles. The summed E-state index contributed by atoms with van der Waals surface area (Å²) in [5, 5.41) is 36.8.